The predicted molar refractivity (Wildman–Crippen MR) is 183 cm³/mol. The molecule has 6 aromatic rings. The second kappa shape index (κ2) is 14.3. The molecular weight excluding hydrogens is 584 g/mol. The Hall–Kier alpha value is -4.81. The first-order valence-corrected chi connectivity index (χ1v) is 15.5. The molecule has 4 aromatic carbocycles. The van der Waals surface area contributed by atoms with Crippen molar-refractivity contribution in [2.45, 2.75) is 40.5 Å². The van der Waals surface area contributed by atoms with Gasteiger partial charge in [-0.25, -0.2) is 0 Å². The number of fused-ring (bicyclic) bond motifs is 2. The van der Waals surface area contributed by atoms with Crippen LogP contribution in [0.25, 0.3) is 44.1 Å². The number of aryl methyl sites for hydroxylation is 2. The average molecular weight is 621 g/mol. The van der Waals surface area contributed by atoms with Gasteiger partial charge < -0.3 is 19.4 Å². The molecule has 7 heteroatoms. The highest BCUT2D eigenvalue weighted by Crippen LogP contribution is 2.35. The molecule has 2 aromatic heterocycles. The van der Waals surface area contributed by atoms with Gasteiger partial charge in [-0.2, -0.15) is 0 Å². The minimum Gasteiger partial charge on any atom is -0.466 e. The van der Waals surface area contributed by atoms with E-state index in [0.29, 0.717) is 24.7 Å². The molecule has 0 aliphatic carbocycles. The molecule has 0 saturated heterocycles. The molecule has 0 saturated carbocycles. The molecule has 0 spiro atoms. The molecule has 0 amide bonds. The standard InChI is InChI=1S/C19H18ClNO2.C19H19NO2/c1-3-23-17(22)11-14-5-4-6-16-18(12(2)21-19(14)16)13-7-9-15(20)10-8-13;1-3-22-17(21)12-15-10-7-11-16-18(13(2)20-19(15)16)14-8-5-4-6-9-14/h4-10,21H,3,11H2,1-2H3;4-11,20H,3,12H2,1-2H3. The predicted octanol–water partition coefficient (Wildman–Crippen LogP) is 9.15. The minimum absolute atomic E-state index is 0.191. The Balaban J connectivity index is 0.000000178. The number of para-hydroxylation sites is 2. The Morgan fingerprint density at radius 1 is 0.600 bits per heavy atom. The van der Waals surface area contributed by atoms with Gasteiger partial charge in [0, 0.05) is 38.3 Å². The third kappa shape index (κ3) is 7.13. The molecule has 6 nitrogen and oxygen atoms in total. The molecule has 2 heterocycles. The van der Waals surface area contributed by atoms with Crippen LogP contribution in [0.5, 0.6) is 0 Å². The zero-order valence-corrected chi connectivity index (χ0v) is 26.8. The lowest BCUT2D eigenvalue weighted by atomic mass is 10.0. The second-order valence-electron chi connectivity index (χ2n) is 10.8. The lowest BCUT2D eigenvalue weighted by Crippen LogP contribution is -2.07. The van der Waals surface area contributed by atoms with Crippen LogP contribution in [0.1, 0.15) is 36.4 Å². The minimum atomic E-state index is -0.208. The van der Waals surface area contributed by atoms with Crippen molar-refractivity contribution >= 4 is 45.3 Å². The third-order valence-electron chi connectivity index (χ3n) is 7.69. The molecular formula is C38H37ClN2O4. The van der Waals surface area contributed by atoms with Crippen LogP contribution in [0, 0.1) is 13.8 Å². The number of carbonyl (C=O) groups is 2. The number of H-pyrrole nitrogens is 2. The topological polar surface area (TPSA) is 84.2 Å². The summed E-state index contributed by atoms with van der Waals surface area (Å²) in [6.45, 7) is 8.55. The van der Waals surface area contributed by atoms with Gasteiger partial charge in [-0.15, -0.1) is 0 Å². The van der Waals surface area contributed by atoms with Gasteiger partial charge in [-0.1, -0.05) is 90.5 Å². The molecule has 0 unspecified atom stereocenters. The lowest BCUT2D eigenvalue weighted by molar-refractivity contribution is -0.143. The molecule has 0 atom stereocenters. The molecule has 0 radical (unpaired) electrons. The van der Waals surface area contributed by atoms with Crippen LogP contribution < -0.4 is 0 Å². The fraction of sp³-hybridized carbons (Fsp3) is 0.211. The summed E-state index contributed by atoms with van der Waals surface area (Å²) in [7, 11) is 0. The first kappa shape index (κ1) is 31.6. The first-order chi connectivity index (χ1) is 21.8. The van der Waals surface area contributed by atoms with Gasteiger partial charge in [0.25, 0.3) is 0 Å². The maximum atomic E-state index is 11.8. The quantitative estimate of drug-likeness (QED) is 0.166. The number of nitrogens with one attached hydrogen (secondary N) is 2. The SMILES string of the molecule is CCOC(=O)Cc1cccc2c(-c3ccc(Cl)cc3)c(C)[nH]c12.CCOC(=O)Cc1cccc2c(-c3ccccc3)c(C)[nH]c12. The van der Waals surface area contributed by atoms with Gasteiger partial charge >= 0.3 is 11.9 Å². The monoisotopic (exact) mass is 620 g/mol. The Bertz CT molecular complexity index is 1940. The van der Waals surface area contributed by atoms with Crippen molar-refractivity contribution in [2.75, 3.05) is 13.2 Å². The fourth-order valence-corrected chi connectivity index (χ4v) is 5.94. The van der Waals surface area contributed by atoms with Crippen molar-refractivity contribution in [3.05, 3.63) is 119 Å². The molecule has 230 valence electrons. The van der Waals surface area contributed by atoms with Gasteiger partial charge in [0.1, 0.15) is 0 Å². The van der Waals surface area contributed by atoms with E-state index in [-0.39, 0.29) is 18.4 Å². The number of carbonyl (C=O) groups excluding carboxylic acids is 2. The van der Waals surface area contributed by atoms with Gasteiger partial charge in [0.15, 0.2) is 0 Å². The Morgan fingerprint density at radius 3 is 1.49 bits per heavy atom. The zero-order valence-electron chi connectivity index (χ0n) is 26.0. The summed E-state index contributed by atoms with van der Waals surface area (Å²) < 4.78 is 10.1. The fourth-order valence-electron chi connectivity index (χ4n) is 5.81. The van der Waals surface area contributed by atoms with Crippen molar-refractivity contribution in [3.8, 4) is 22.3 Å². The second-order valence-corrected chi connectivity index (χ2v) is 11.2. The van der Waals surface area contributed by atoms with Crippen molar-refractivity contribution in [1.82, 2.24) is 9.97 Å². The van der Waals surface area contributed by atoms with Crippen LogP contribution in [-0.2, 0) is 31.9 Å². The lowest BCUT2D eigenvalue weighted by Gasteiger charge is -2.05. The van der Waals surface area contributed by atoms with Crippen molar-refractivity contribution in [3.63, 3.8) is 0 Å². The van der Waals surface area contributed by atoms with E-state index < -0.39 is 0 Å². The van der Waals surface area contributed by atoms with Crippen molar-refractivity contribution < 1.29 is 19.1 Å². The molecule has 0 fully saturated rings. The number of rotatable bonds is 8. The van der Waals surface area contributed by atoms with Gasteiger partial charge in [-0.3, -0.25) is 9.59 Å². The highest BCUT2D eigenvalue weighted by Gasteiger charge is 2.16. The maximum Gasteiger partial charge on any atom is 0.310 e. The Kier molecular flexibility index (Phi) is 10.1. The van der Waals surface area contributed by atoms with Gasteiger partial charge in [-0.05, 0) is 62.1 Å². The van der Waals surface area contributed by atoms with E-state index in [1.165, 1.54) is 11.1 Å². The first-order valence-electron chi connectivity index (χ1n) is 15.1. The summed E-state index contributed by atoms with van der Waals surface area (Å²) in [5.74, 6) is -0.399. The van der Waals surface area contributed by atoms with E-state index in [1.54, 1.807) is 0 Å². The number of benzene rings is 4. The molecule has 0 aliphatic heterocycles. The van der Waals surface area contributed by atoms with E-state index in [1.807, 2.05) is 87.5 Å². The van der Waals surface area contributed by atoms with E-state index >= 15 is 0 Å². The number of esters is 2. The number of halogens is 1. The summed E-state index contributed by atoms with van der Waals surface area (Å²) in [6, 6.07) is 30.2. The molecule has 45 heavy (non-hydrogen) atoms. The Morgan fingerprint density at radius 2 is 1.04 bits per heavy atom. The van der Waals surface area contributed by atoms with E-state index in [9.17, 15) is 9.59 Å². The third-order valence-corrected chi connectivity index (χ3v) is 7.94. The number of aromatic nitrogens is 2. The normalized spacial score (nSPS) is 10.9. The Labute approximate surface area is 268 Å². The smallest absolute Gasteiger partial charge is 0.310 e. The van der Waals surface area contributed by atoms with Crippen molar-refractivity contribution in [1.29, 1.82) is 0 Å². The van der Waals surface area contributed by atoms with E-state index in [4.69, 9.17) is 21.1 Å². The van der Waals surface area contributed by atoms with Crippen molar-refractivity contribution in [2.24, 2.45) is 0 Å². The summed E-state index contributed by atoms with van der Waals surface area (Å²) >= 11 is 5.98. The molecule has 0 bridgehead atoms. The van der Waals surface area contributed by atoms with Crippen LogP contribution in [0.15, 0.2) is 91.0 Å². The van der Waals surface area contributed by atoms with Crippen LogP contribution in [0.3, 0.4) is 0 Å². The number of ether oxygens (including phenoxy) is 2. The summed E-state index contributed by atoms with van der Waals surface area (Å²) in [6.07, 6.45) is 0.560. The number of hydrogen-bond donors (Lipinski definition) is 2. The van der Waals surface area contributed by atoms with E-state index in [0.717, 1.165) is 55.4 Å². The van der Waals surface area contributed by atoms with Gasteiger partial charge in [0.05, 0.1) is 37.1 Å². The van der Waals surface area contributed by atoms with Crippen LogP contribution in [0.4, 0.5) is 0 Å². The molecule has 2 N–H and O–H groups in total. The summed E-state index contributed by atoms with van der Waals surface area (Å²) in [5.41, 5.74) is 10.7. The van der Waals surface area contributed by atoms with Gasteiger partial charge in [0.2, 0.25) is 0 Å². The summed E-state index contributed by atoms with van der Waals surface area (Å²) in [5, 5.41) is 2.96. The van der Waals surface area contributed by atoms with E-state index in [2.05, 4.69) is 41.2 Å². The largest absolute Gasteiger partial charge is 0.466 e. The summed E-state index contributed by atoms with van der Waals surface area (Å²) in [4.78, 5) is 30.4. The number of aromatic amines is 2. The molecule has 6 rings (SSSR count). The van der Waals surface area contributed by atoms with Crippen LogP contribution >= 0.6 is 11.6 Å². The highest BCUT2D eigenvalue weighted by molar-refractivity contribution is 6.30. The average Bonchev–Trinajstić information content (AvgIpc) is 3.55. The van der Waals surface area contributed by atoms with Crippen LogP contribution in [0.2, 0.25) is 5.02 Å². The van der Waals surface area contributed by atoms with Crippen LogP contribution in [-0.4, -0.2) is 35.1 Å². The zero-order chi connectivity index (χ0) is 31.9. The molecule has 0 aliphatic rings. The highest BCUT2D eigenvalue weighted by atomic mass is 35.5. The maximum absolute atomic E-state index is 11.8. The number of hydrogen-bond acceptors (Lipinski definition) is 4.